The Bertz CT molecular complexity index is 1210. The molecule has 0 bridgehead atoms. The minimum atomic E-state index is -0.544. The number of hydrogen-bond donors (Lipinski definition) is 2. The summed E-state index contributed by atoms with van der Waals surface area (Å²) in [6.45, 7) is 0.520. The van der Waals surface area contributed by atoms with Crippen LogP contribution in [-0.2, 0) is 6.54 Å². The number of amides is 2. The summed E-state index contributed by atoms with van der Waals surface area (Å²) in [6.07, 6.45) is 3.04. The molecule has 9 heteroatoms. The summed E-state index contributed by atoms with van der Waals surface area (Å²) in [5.41, 5.74) is 7.33. The van der Waals surface area contributed by atoms with E-state index in [9.17, 15) is 9.59 Å². The maximum absolute atomic E-state index is 12.4. The molecule has 2 aromatic carbocycles. The van der Waals surface area contributed by atoms with Gasteiger partial charge in [0.2, 0.25) is 11.8 Å². The summed E-state index contributed by atoms with van der Waals surface area (Å²) in [5.74, 6) is -0.217. The van der Waals surface area contributed by atoms with Gasteiger partial charge < -0.3 is 15.8 Å². The van der Waals surface area contributed by atoms with Crippen molar-refractivity contribution in [3.05, 3.63) is 95.9 Å². The first-order valence-electron chi connectivity index (χ1n) is 9.36. The van der Waals surface area contributed by atoms with Gasteiger partial charge in [-0.1, -0.05) is 41.6 Å². The van der Waals surface area contributed by atoms with E-state index in [1.54, 1.807) is 41.2 Å². The molecule has 2 aromatic heterocycles. The lowest BCUT2D eigenvalue weighted by molar-refractivity contribution is 0.0997. The summed E-state index contributed by atoms with van der Waals surface area (Å²) >= 11 is 0. The van der Waals surface area contributed by atoms with Gasteiger partial charge in [-0.25, -0.2) is 9.67 Å². The van der Waals surface area contributed by atoms with E-state index < -0.39 is 11.8 Å². The molecule has 154 valence electrons. The van der Waals surface area contributed by atoms with Gasteiger partial charge in [-0.2, -0.15) is 0 Å². The summed E-state index contributed by atoms with van der Waals surface area (Å²) in [7, 11) is 0. The predicted molar refractivity (Wildman–Crippen MR) is 113 cm³/mol. The van der Waals surface area contributed by atoms with Crippen LogP contribution in [0.2, 0.25) is 0 Å². The molecule has 4 aromatic rings. The Morgan fingerprint density at radius 2 is 1.87 bits per heavy atom. The molecule has 31 heavy (non-hydrogen) atoms. The van der Waals surface area contributed by atoms with Gasteiger partial charge in [0.15, 0.2) is 5.69 Å². The molecule has 0 fully saturated rings. The lowest BCUT2D eigenvalue weighted by Gasteiger charge is -2.07. The van der Waals surface area contributed by atoms with E-state index >= 15 is 0 Å². The summed E-state index contributed by atoms with van der Waals surface area (Å²) in [6, 6.07) is 19.5. The Hall–Kier alpha value is -4.53. The zero-order valence-electron chi connectivity index (χ0n) is 16.3. The average Bonchev–Trinajstić information content (AvgIpc) is 3.25. The van der Waals surface area contributed by atoms with Crippen molar-refractivity contribution in [1.82, 2.24) is 20.0 Å². The highest BCUT2D eigenvalue weighted by molar-refractivity contribution is 6.02. The van der Waals surface area contributed by atoms with Crippen molar-refractivity contribution in [2.75, 3.05) is 5.32 Å². The van der Waals surface area contributed by atoms with Crippen LogP contribution in [-0.4, -0.2) is 31.8 Å². The van der Waals surface area contributed by atoms with Crippen molar-refractivity contribution < 1.29 is 14.3 Å². The van der Waals surface area contributed by atoms with Crippen LogP contribution >= 0.6 is 0 Å². The fourth-order valence-electron chi connectivity index (χ4n) is 2.79. The number of anilines is 1. The van der Waals surface area contributed by atoms with Gasteiger partial charge in [-0.05, 0) is 29.8 Å². The van der Waals surface area contributed by atoms with E-state index in [-0.39, 0.29) is 5.69 Å². The smallest absolute Gasteiger partial charge is 0.277 e. The number of pyridine rings is 1. The van der Waals surface area contributed by atoms with Crippen molar-refractivity contribution >= 4 is 17.5 Å². The molecule has 4 rings (SSSR count). The van der Waals surface area contributed by atoms with Crippen LogP contribution in [0.5, 0.6) is 11.6 Å². The van der Waals surface area contributed by atoms with E-state index in [0.29, 0.717) is 29.4 Å². The molecule has 0 unspecified atom stereocenters. The SMILES string of the molecule is NC(=O)c1cccc(Oc2ccc(NC(=O)c3cn(Cc4ccccc4)nn3)cn2)c1. The van der Waals surface area contributed by atoms with Gasteiger partial charge in [0.25, 0.3) is 5.91 Å². The first-order valence-corrected chi connectivity index (χ1v) is 9.36. The first kappa shape index (κ1) is 19.8. The number of hydrogen-bond acceptors (Lipinski definition) is 6. The molecular weight excluding hydrogens is 396 g/mol. The van der Waals surface area contributed by atoms with E-state index in [2.05, 4.69) is 20.6 Å². The molecular formula is C22H18N6O3. The van der Waals surface area contributed by atoms with Gasteiger partial charge >= 0.3 is 0 Å². The number of primary amides is 1. The lowest BCUT2D eigenvalue weighted by Crippen LogP contribution is -2.12. The molecule has 0 aliphatic rings. The fourth-order valence-corrected chi connectivity index (χ4v) is 2.79. The molecule has 0 aliphatic carbocycles. The topological polar surface area (TPSA) is 125 Å². The predicted octanol–water partition coefficient (Wildman–Crippen LogP) is 2.86. The normalized spacial score (nSPS) is 10.5. The molecule has 0 saturated heterocycles. The Morgan fingerprint density at radius 1 is 1.03 bits per heavy atom. The van der Waals surface area contributed by atoms with Crippen LogP contribution in [0.3, 0.4) is 0 Å². The quantitative estimate of drug-likeness (QED) is 0.479. The zero-order chi connectivity index (χ0) is 21.6. The maximum atomic E-state index is 12.4. The van der Waals surface area contributed by atoms with Gasteiger partial charge in [-0.15, -0.1) is 5.10 Å². The number of carbonyl (C=O) groups excluding carboxylic acids is 2. The van der Waals surface area contributed by atoms with Crippen LogP contribution in [0.15, 0.2) is 79.1 Å². The van der Waals surface area contributed by atoms with E-state index in [0.717, 1.165) is 5.56 Å². The second-order valence-electron chi connectivity index (χ2n) is 6.62. The zero-order valence-corrected chi connectivity index (χ0v) is 16.3. The van der Waals surface area contributed by atoms with Crippen LogP contribution in [0.1, 0.15) is 26.4 Å². The third kappa shape index (κ3) is 5.10. The average molecular weight is 414 g/mol. The van der Waals surface area contributed by atoms with Gasteiger partial charge in [0.05, 0.1) is 24.6 Å². The number of rotatable bonds is 7. The number of nitrogens with one attached hydrogen (secondary N) is 1. The number of carbonyl (C=O) groups is 2. The Balaban J connectivity index is 1.37. The first-order chi connectivity index (χ1) is 15.1. The molecule has 3 N–H and O–H groups in total. The standard InChI is InChI=1S/C22H18N6O3/c23-21(29)16-7-4-8-18(11-16)31-20-10-9-17(12-24-20)25-22(30)19-14-28(27-26-19)13-15-5-2-1-3-6-15/h1-12,14H,13H2,(H2,23,29)(H,25,30). The maximum Gasteiger partial charge on any atom is 0.277 e. The number of nitrogens with two attached hydrogens (primary N) is 1. The molecule has 9 nitrogen and oxygen atoms in total. The Kier molecular flexibility index (Phi) is 5.66. The fraction of sp³-hybridized carbons (Fsp3) is 0.0455. The van der Waals surface area contributed by atoms with Crippen molar-refractivity contribution in [1.29, 1.82) is 0 Å². The van der Waals surface area contributed by atoms with Gasteiger partial charge in [0, 0.05) is 11.6 Å². The molecule has 2 heterocycles. The third-order valence-corrected chi connectivity index (χ3v) is 4.29. The minimum absolute atomic E-state index is 0.194. The number of ether oxygens (including phenoxy) is 1. The van der Waals surface area contributed by atoms with Crippen LogP contribution in [0, 0.1) is 0 Å². The molecule has 0 saturated carbocycles. The van der Waals surface area contributed by atoms with E-state index in [1.165, 1.54) is 12.3 Å². The third-order valence-electron chi connectivity index (χ3n) is 4.29. The van der Waals surface area contributed by atoms with E-state index in [1.807, 2.05) is 30.3 Å². The highest BCUT2D eigenvalue weighted by atomic mass is 16.5. The largest absolute Gasteiger partial charge is 0.439 e. The summed E-state index contributed by atoms with van der Waals surface area (Å²) < 4.78 is 7.21. The summed E-state index contributed by atoms with van der Waals surface area (Å²) in [5, 5.41) is 10.6. The molecule has 0 aliphatic heterocycles. The second kappa shape index (κ2) is 8.87. The van der Waals surface area contributed by atoms with Crippen LogP contribution < -0.4 is 15.8 Å². The van der Waals surface area contributed by atoms with Crippen molar-refractivity contribution in [2.24, 2.45) is 5.73 Å². The monoisotopic (exact) mass is 414 g/mol. The van der Waals surface area contributed by atoms with Crippen LogP contribution in [0.25, 0.3) is 0 Å². The van der Waals surface area contributed by atoms with Crippen molar-refractivity contribution in [3.63, 3.8) is 0 Å². The lowest BCUT2D eigenvalue weighted by atomic mass is 10.2. The highest BCUT2D eigenvalue weighted by Crippen LogP contribution is 2.21. The van der Waals surface area contributed by atoms with Crippen molar-refractivity contribution in [3.8, 4) is 11.6 Å². The van der Waals surface area contributed by atoms with E-state index in [4.69, 9.17) is 10.5 Å². The Labute approximate surface area is 177 Å². The summed E-state index contributed by atoms with van der Waals surface area (Å²) in [4.78, 5) is 27.9. The molecule has 2 amide bonds. The molecule has 0 radical (unpaired) electrons. The number of benzene rings is 2. The van der Waals surface area contributed by atoms with Crippen molar-refractivity contribution in [2.45, 2.75) is 6.54 Å². The second-order valence-corrected chi connectivity index (χ2v) is 6.62. The van der Waals surface area contributed by atoms with Gasteiger partial charge in [0.1, 0.15) is 5.75 Å². The Morgan fingerprint density at radius 3 is 2.61 bits per heavy atom. The minimum Gasteiger partial charge on any atom is -0.439 e. The molecule has 0 spiro atoms. The number of nitrogens with zero attached hydrogens (tertiary/aromatic N) is 4. The van der Waals surface area contributed by atoms with Gasteiger partial charge in [-0.3, -0.25) is 9.59 Å². The molecule has 0 atom stereocenters. The number of aromatic nitrogens is 4. The highest BCUT2D eigenvalue weighted by Gasteiger charge is 2.12. The van der Waals surface area contributed by atoms with Crippen LogP contribution in [0.4, 0.5) is 5.69 Å².